The molecule has 0 amide bonds. The Hall–Kier alpha value is -3.21. The van der Waals surface area contributed by atoms with Crippen molar-refractivity contribution in [1.82, 2.24) is 4.98 Å². The maximum absolute atomic E-state index is 13.0. The topological polar surface area (TPSA) is 65.5 Å². The van der Waals surface area contributed by atoms with Crippen LogP contribution in [0.2, 0.25) is 0 Å². The lowest BCUT2D eigenvalue weighted by atomic mass is 10.0. The Morgan fingerprint density at radius 3 is 2.54 bits per heavy atom. The number of para-hydroxylation sites is 1. The van der Waals surface area contributed by atoms with Crippen molar-refractivity contribution in [2.75, 3.05) is 7.11 Å². The molecule has 4 rings (SSSR count). The fourth-order valence-electron chi connectivity index (χ4n) is 3.71. The molecule has 5 heteroatoms. The zero-order valence-corrected chi connectivity index (χ0v) is 15.9. The molecule has 1 aromatic heterocycles. The molecular formula is C23H21NO4. The highest BCUT2D eigenvalue weighted by atomic mass is 16.5. The molecule has 3 aromatic rings. The van der Waals surface area contributed by atoms with E-state index in [2.05, 4.69) is 0 Å². The molecule has 1 atom stereocenters. The van der Waals surface area contributed by atoms with Gasteiger partial charge in [0, 0.05) is 16.6 Å². The van der Waals surface area contributed by atoms with Gasteiger partial charge in [0.2, 0.25) is 5.78 Å². The normalized spacial score (nSPS) is 13.8. The van der Waals surface area contributed by atoms with Crippen molar-refractivity contribution in [2.45, 2.75) is 32.3 Å². The minimum atomic E-state index is -0.884. The number of fused-ring (bicyclic) bond motifs is 2. The Labute approximate surface area is 163 Å². The SMILES string of the molecule is COc1ccc(C(=O)[C@@H](C)OC(=O)c2c3c(nc4ccccc24)CCC3)cc1. The number of hydrogen-bond donors (Lipinski definition) is 0. The summed E-state index contributed by atoms with van der Waals surface area (Å²) in [6.45, 7) is 1.61. The number of pyridine rings is 1. The van der Waals surface area contributed by atoms with Gasteiger partial charge in [-0.25, -0.2) is 4.79 Å². The maximum atomic E-state index is 13.0. The van der Waals surface area contributed by atoms with Crippen molar-refractivity contribution in [3.05, 3.63) is 70.9 Å². The standard InChI is InChI=1S/C23H21NO4/c1-14(22(25)15-10-12-16(27-2)13-11-15)28-23(26)21-17-6-3-4-8-19(17)24-20-9-5-7-18(20)21/h3-4,6,8,10-14H,5,7,9H2,1-2H3/t14-/m1/s1. The molecule has 0 unspecified atom stereocenters. The summed E-state index contributed by atoms with van der Waals surface area (Å²) in [6.07, 6.45) is 1.75. The summed E-state index contributed by atoms with van der Waals surface area (Å²) in [5.74, 6) is -0.0443. The van der Waals surface area contributed by atoms with Crippen molar-refractivity contribution >= 4 is 22.7 Å². The van der Waals surface area contributed by atoms with Crippen LogP contribution in [0.25, 0.3) is 10.9 Å². The Morgan fingerprint density at radius 2 is 1.79 bits per heavy atom. The van der Waals surface area contributed by atoms with Gasteiger partial charge >= 0.3 is 5.97 Å². The van der Waals surface area contributed by atoms with Gasteiger partial charge in [-0.2, -0.15) is 0 Å². The van der Waals surface area contributed by atoms with E-state index in [0.29, 0.717) is 16.9 Å². The molecule has 0 bridgehead atoms. The summed E-state index contributed by atoms with van der Waals surface area (Å²) in [6, 6.07) is 14.3. The molecule has 0 spiro atoms. The van der Waals surface area contributed by atoms with E-state index in [1.807, 2.05) is 24.3 Å². The molecule has 0 saturated carbocycles. The summed E-state index contributed by atoms with van der Waals surface area (Å²) in [7, 11) is 1.57. The van der Waals surface area contributed by atoms with Gasteiger partial charge < -0.3 is 9.47 Å². The summed E-state index contributed by atoms with van der Waals surface area (Å²) < 4.78 is 10.7. The van der Waals surface area contributed by atoms with Crippen molar-refractivity contribution in [3.8, 4) is 5.75 Å². The maximum Gasteiger partial charge on any atom is 0.339 e. The van der Waals surface area contributed by atoms with E-state index in [-0.39, 0.29) is 5.78 Å². The molecule has 0 fully saturated rings. The van der Waals surface area contributed by atoms with Gasteiger partial charge in [0.15, 0.2) is 6.10 Å². The van der Waals surface area contributed by atoms with Crippen LogP contribution in [0.1, 0.15) is 45.3 Å². The van der Waals surface area contributed by atoms with Gasteiger partial charge in [0.25, 0.3) is 0 Å². The lowest BCUT2D eigenvalue weighted by Gasteiger charge is -2.16. The summed E-state index contributed by atoms with van der Waals surface area (Å²) >= 11 is 0. The average Bonchev–Trinajstić information content (AvgIpc) is 3.19. The fraction of sp³-hybridized carbons (Fsp3) is 0.261. The monoisotopic (exact) mass is 375 g/mol. The minimum Gasteiger partial charge on any atom is -0.497 e. The van der Waals surface area contributed by atoms with Crippen LogP contribution < -0.4 is 4.74 Å². The van der Waals surface area contributed by atoms with Crippen LogP contribution in [-0.2, 0) is 17.6 Å². The third kappa shape index (κ3) is 3.24. The average molecular weight is 375 g/mol. The summed E-state index contributed by atoms with van der Waals surface area (Å²) in [5, 5.41) is 0.775. The van der Waals surface area contributed by atoms with Gasteiger partial charge in [-0.3, -0.25) is 9.78 Å². The first-order valence-corrected chi connectivity index (χ1v) is 9.38. The van der Waals surface area contributed by atoms with Crippen LogP contribution in [0.4, 0.5) is 0 Å². The number of nitrogens with zero attached hydrogens (tertiary/aromatic N) is 1. The van der Waals surface area contributed by atoms with E-state index in [4.69, 9.17) is 14.5 Å². The number of Topliss-reactive ketones (excluding diaryl/α,β-unsaturated/α-hetero) is 1. The number of rotatable bonds is 5. The Morgan fingerprint density at radius 1 is 1.04 bits per heavy atom. The minimum absolute atomic E-state index is 0.244. The van der Waals surface area contributed by atoms with E-state index in [9.17, 15) is 9.59 Å². The highest BCUT2D eigenvalue weighted by molar-refractivity contribution is 6.07. The molecule has 0 aliphatic heterocycles. The summed E-state index contributed by atoms with van der Waals surface area (Å²) in [4.78, 5) is 30.4. The molecule has 1 heterocycles. The third-order valence-electron chi connectivity index (χ3n) is 5.15. The van der Waals surface area contributed by atoms with Gasteiger partial charge in [0.05, 0.1) is 18.2 Å². The van der Waals surface area contributed by atoms with Gasteiger partial charge in [0.1, 0.15) is 5.75 Å². The quantitative estimate of drug-likeness (QED) is 0.495. The smallest absolute Gasteiger partial charge is 0.339 e. The number of esters is 1. The Kier molecular flexibility index (Phi) is 4.82. The zero-order chi connectivity index (χ0) is 19.7. The van der Waals surface area contributed by atoms with Gasteiger partial charge in [-0.15, -0.1) is 0 Å². The second-order valence-corrected chi connectivity index (χ2v) is 6.92. The van der Waals surface area contributed by atoms with Crippen LogP contribution in [-0.4, -0.2) is 30.0 Å². The molecule has 28 heavy (non-hydrogen) atoms. The molecule has 5 nitrogen and oxygen atoms in total. The number of ether oxygens (including phenoxy) is 2. The number of carbonyl (C=O) groups excluding carboxylic acids is 2. The van der Waals surface area contributed by atoms with E-state index in [1.165, 1.54) is 0 Å². The number of carbonyl (C=O) groups is 2. The van der Waals surface area contributed by atoms with Gasteiger partial charge in [-0.05, 0) is 62.1 Å². The highest BCUT2D eigenvalue weighted by Crippen LogP contribution is 2.30. The molecule has 0 N–H and O–H groups in total. The predicted octanol–water partition coefficient (Wildman–Crippen LogP) is 4.16. The molecule has 142 valence electrons. The van der Waals surface area contributed by atoms with Crippen molar-refractivity contribution in [1.29, 1.82) is 0 Å². The number of aromatic nitrogens is 1. The first-order chi connectivity index (χ1) is 13.6. The van der Waals surface area contributed by atoms with Crippen molar-refractivity contribution in [3.63, 3.8) is 0 Å². The van der Waals surface area contributed by atoms with Crippen LogP contribution >= 0.6 is 0 Å². The zero-order valence-electron chi connectivity index (χ0n) is 15.9. The molecule has 1 aliphatic rings. The Balaban J connectivity index is 1.62. The number of ketones is 1. The van der Waals surface area contributed by atoms with Crippen molar-refractivity contribution < 1.29 is 19.1 Å². The first-order valence-electron chi connectivity index (χ1n) is 9.38. The number of hydrogen-bond acceptors (Lipinski definition) is 5. The van der Waals surface area contributed by atoms with E-state index in [0.717, 1.165) is 41.4 Å². The first kappa shape index (κ1) is 18.2. The van der Waals surface area contributed by atoms with Crippen LogP contribution in [0, 0.1) is 0 Å². The van der Waals surface area contributed by atoms with E-state index >= 15 is 0 Å². The molecular weight excluding hydrogens is 354 g/mol. The van der Waals surface area contributed by atoms with E-state index < -0.39 is 12.1 Å². The van der Waals surface area contributed by atoms with Gasteiger partial charge in [-0.1, -0.05) is 18.2 Å². The summed E-state index contributed by atoms with van der Waals surface area (Å²) in [5.41, 5.74) is 3.72. The lowest BCUT2D eigenvalue weighted by molar-refractivity contribution is 0.0319. The highest BCUT2D eigenvalue weighted by Gasteiger charge is 2.27. The van der Waals surface area contributed by atoms with Crippen LogP contribution in [0.5, 0.6) is 5.75 Å². The van der Waals surface area contributed by atoms with Crippen LogP contribution in [0.15, 0.2) is 48.5 Å². The third-order valence-corrected chi connectivity index (χ3v) is 5.15. The van der Waals surface area contributed by atoms with E-state index in [1.54, 1.807) is 38.3 Å². The fourth-order valence-corrected chi connectivity index (χ4v) is 3.71. The number of benzene rings is 2. The van der Waals surface area contributed by atoms with Crippen LogP contribution in [0.3, 0.4) is 0 Å². The molecule has 2 aromatic carbocycles. The number of methoxy groups -OCH3 is 1. The molecule has 0 radical (unpaired) electrons. The molecule has 1 aliphatic carbocycles. The molecule has 0 saturated heterocycles. The Bertz CT molecular complexity index is 1060. The largest absolute Gasteiger partial charge is 0.497 e. The second kappa shape index (κ2) is 7.43. The predicted molar refractivity (Wildman–Crippen MR) is 106 cm³/mol. The van der Waals surface area contributed by atoms with Crippen molar-refractivity contribution in [2.24, 2.45) is 0 Å². The lowest BCUT2D eigenvalue weighted by Crippen LogP contribution is -2.25. The second-order valence-electron chi connectivity index (χ2n) is 6.92. The number of aryl methyl sites for hydroxylation is 1.